The molecule has 0 aliphatic heterocycles. The van der Waals surface area contributed by atoms with Crippen molar-refractivity contribution in [2.45, 2.75) is 46.1 Å². The molecule has 0 bridgehead atoms. The van der Waals surface area contributed by atoms with Gasteiger partial charge >= 0.3 is 0 Å². The molecule has 0 heterocycles. The van der Waals surface area contributed by atoms with E-state index in [9.17, 15) is 4.79 Å². The van der Waals surface area contributed by atoms with Gasteiger partial charge in [-0.3, -0.25) is 4.79 Å². The van der Waals surface area contributed by atoms with Crippen LogP contribution in [0.1, 0.15) is 40.0 Å². The molecule has 0 radical (unpaired) electrons. The van der Waals surface area contributed by atoms with Crippen LogP contribution < -0.4 is 5.32 Å². The standard InChI is InChI=1S/C12H21NO/c1-8(2)11-6-5-9(3)12(7-11)13-10(4)14/h8,11-12H,3,5-7H2,1-2,4H3,(H,13,14). The highest BCUT2D eigenvalue weighted by Gasteiger charge is 2.26. The molecule has 0 aromatic rings. The summed E-state index contributed by atoms with van der Waals surface area (Å²) in [5.41, 5.74) is 1.19. The summed E-state index contributed by atoms with van der Waals surface area (Å²) in [6, 6.07) is 0.216. The van der Waals surface area contributed by atoms with Crippen LogP contribution in [0.15, 0.2) is 12.2 Å². The second-order valence-electron chi connectivity index (χ2n) is 4.69. The average Bonchev–Trinajstić information content (AvgIpc) is 2.07. The molecule has 1 saturated carbocycles. The molecule has 1 aliphatic rings. The quantitative estimate of drug-likeness (QED) is 0.674. The molecule has 1 amide bonds. The van der Waals surface area contributed by atoms with Crippen molar-refractivity contribution in [1.82, 2.24) is 5.32 Å². The largest absolute Gasteiger partial charge is 0.350 e. The van der Waals surface area contributed by atoms with E-state index in [4.69, 9.17) is 0 Å². The van der Waals surface area contributed by atoms with E-state index in [1.54, 1.807) is 6.92 Å². The summed E-state index contributed by atoms with van der Waals surface area (Å²) in [6.07, 6.45) is 3.36. The first kappa shape index (κ1) is 11.3. The van der Waals surface area contributed by atoms with E-state index < -0.39 is 0 Å². The molecule has 1 N–H and O–H groups in total. The van der Waals surface area contributed by atoms with Gasteiger partial charge in [0.2, 0.25) is 5.91 Å². The van der Waals surface area contributed by atoms with Gasteiger partial charge in [0, 0.05) is 6.92 Å². The third-order valence-electron chi connectivity index (χ3n) is 3.19. The summed E-state index contributed by atoms with van der Waals surface area (Å²) < 4.78 is 0. The van der Waals surface area contributed by atoms with Crippen molar-refractivity contribution in [2.24, 2.45) is 11.8 Å². The number of nitrogens with one attached hydrogen (secondary N) is 1. The fourth-order valence-electron chi connectivity index (χ4n) is 2.14. The minimum Gasteiger partial charge on any atom is -0.350 e. The zero-order chi connectivity index (χ0) is 10.7. The third-order valence-corrected chi connectivity index (χ3v) is 3.19. The van der Waals surface area contributed by atoms with Crippen LogP contribution in [0.3, 0.4) is 0 Å². The molecule has 1 rings (SSSR count). The van der Waals surface area contributed by atoms with Gasteiger partial charge in [0.1, 0.15) is 0 Å². The highest BCUT2D eigenvalue weighted by atomic mass is 16.1. The lowest BCUT2D eigenvalue weighted by atomic mass is 9.77. The van der Waals surface area contributed by atoms with E-state index in [1.165, 1.54) is 12.0 Å². The van der Waals surface area contributed by atoms with Gasteiger partial charge in [0.15, 0.2) is 0 Å². The van der Waals surface area contributed by atoms with Crippen LogP contribution in [0.4, 0.5) is 0 Å². The van der Waals surface area contributed by atoms with Crippen molar-refractivity contribution in [3.63, 3.8) is 0 Å². The highest BCUT2D eigenvalue weighted by Crippen LogP contribution is 2.32. The molecule has 2 atom stereocenters. The first-order valence-electron chi connectivity index (χ1n) is 5.45. The molecule has 1 fully saturated rings. The summed E-state index contributed by atoms with van der Waals surface area (Å²) in [6.45, 7) is 10.1. The van der Waals surface area contributed by atoms with Crippen LogP contribution in [0.5, 0.6) is 0 Å². The average molecular weight is 195 g/mol. The van der Waals surface area contributed by atoms with Crippen molar-refractivity contribution in [1.29, 1.82) is 0 Å². The van der Waals surface area contributed by atoms with E-state index in [1.807, 2.05) is 0 Å². The van der Waals surface area contributed by atoms with E-state index in [0.717, 1.165) is 18.8 Å². The zero-order valence-corrected chi connectivity index (χ0v) is 9.47. The predicted molar refractivity (Wildman–Crippen MR) is 58.9 cm³/mol. The first-order chi connectivity index (χ1) is 6.50. The van der Waals surface area contributed by atoms with E-state index in [2.05, 4.69) is 25.7 Å². The summed E-state index contributed by atoms with van der Waals surface area (Å²) in [7, 11) is 0. The van der Waals surface area contributed by atoms with Gasteiger partial charge in [0.25, 0.3) is 0 Å². The van der Waals surface area contributed by atoms with Gasteiger partial charge < -0.3 is 5.32 Å². The fourth-order valence-corrected chi connectivity index (χ4v) is 2.14. The molecule has 1 aliphatic carbocycles. The van der Waals surface area contributed by atoms with Gasteiger partial charge in [0.05, 0.1) is 6.04 Å². The van der Waals surface area contributed by atoms with E-state index in [-0.39, 0.29) is 11.9 Å². The van der Waals surface area contributed by atoms with Crippen LogP contribution in [0, 0.1) is 11.8 Å². The molecule has 14 heavy (non-hydrogen) atoms. The monoisotopic (exact) mass is 195 g/mol. The van der Waals surface area contributed by atoms with Crippen LogP contribution in [-0.4, -0.2) is 11.9 Å². The zero-order valence-electron chi connectivity index (χ0n) is 9.47. The molecule has 2 unspecified atom stereocenters. The lowest BCUT2D eigenvalue weighted by Gasteiger charge is -2.33. The maximum absolute atomic E-state index is 11.0. The van der Waals surface area contributed by atoms with E-state index >= 15 is 0 Å². The first-order valence-corrected chi connectivity index (χ1v) is 5.45. The summed E-state index contributed by atoms with van der Waals surface area (Å²) in [5, 5.41) is 2.98. The second kappa shape index (κ2) is 4.63. The number of hydrogen-bond acceptors (Lipinski definition) is 1. The fraction of sp³-hybridized carbons (Fsp3) is 0.750. The Morgan fingerprint density at radius 1 is 1.57 bits per heavy atom. The summed E-state index contributed by atoms with van der Waals surface area (Å²) >= 11 is 0. The van der Waals surface area contributed by atoms with Crippen LogP contribution >= 0.6 is 0 Å². The number of carbonyl (C=O) groups excluding carboxylic acids is 1. The Hall–Kier alpha value is -0.790. The molecule has 0 saturated heterocycles. The van der Waals surface area contributed by atoms with Gasteiger partial charge in [-0.05, 0) is 31.1 Å². The molecular weight excluding hydrogens is 174 g/mol. The molecule has 80 valence electrons. The normalized spacial score (nSPS) is 27.9. The Balaban J connectivity index is 2.55. The Morgan fingerprint density at radius 3 is 2.71 bits per heavy atom. The van der Waals surface area contributed by atoms with Gasteiger partial charge in [-0.2, -0.15) is 0 Å². The molecule has 0 spiro atoms. The van der Waals surface area contributed by atoms with Crippen LogP contribution in [-0.2, 0) is 4.79 Å². The molecule has 0 aromatic carbocycles. The maximum atomic E-state index is 11.0. The summed E-state index contributed by atoms with van der Waals surface area (Å²) in [4.78, 5) is 11.0. The van der Waals surface area contributed by atoms with Crippen LogP contribution in [0.25, 0.3) is 0 Å². The lowest BCUT2D eigenvalue weighted by Crippen LogP contribution is -2.39. The molecule has 2 nitrogen and oxygen atoms in total. The minimum absolute atomic E-state index is 0.0561. The SMILES string of the molecule is C=C1CCC(C(C)C)CC1NC(C)=O. The Bertz CT molecular complexity index is 232. The highest BCUT2D eigenvalue weighted by molar-refractivity contribution is 5.73. The van der Waals surface area contributed by atoms with Gasteiger partial charge in [-0.15, -0.1) is 0 Å². The van der Waals surface area contributed by atoms with Gasteiger partial charge in [-0.25, -0.2) is 0 Å². The predicted octanol–water partition coefficient (Wildman–Crippen LogP) is 2.50. The number of hydrogen-bond donors (Lipinski definition) is 1. The Kier molecular flexibility index (Phi) is 3.73. The second-order valence-corrected chi connectivity index (χ2v) is 4.69. The van der Waals surface area contributed by atoms with Crippen LogP contribution in [0.2, 0.25) is 0 Å². The van der Waals surface area contributed by atoms with Crippen molar-refractivity contribution >= 4 is 5.91 Å². The van der Waals surface area contributed by atoms with Crippen molar-refractivity contribution in [3.8, 4) is 0 Å². The van der Waals surface area contributed by atoms with Crippen molar-refractivity contribution < 1.29 is 4.79 Å². The van der Waals surface area contributed by atoms with Crippen molar-refractivity contribution in [2.75, 3.05) is 0 Å². The Labute approximate surface area is 86.8 Å². The molecule has 2 heteroatoms. The lowest BCUT2D eigenvalue weighted by molar-refractivity contribution is -0.119. The number of amides is 1. The third kappa shape index (κ3) is 2.86. The topological polar surface area (TPSA) is 29.1 Å². The smallest absolute Gasteiger partial charge is 0.217 e. The molecular formula is C12H21NO. The maximum Gasteiger partial charge on any atom is 0.217 e. The van der Waals surface area contributed by atoms with E-state index in [0.29, 0.717) is 5.92 Å². The minimum atomic E-state index is 0.0561. The van der Waals surface area contributed by atoms with Gasteiger partial charge in [-0.1, -0.05) is 26.0 Å². The molecule has 0 aromatic heterocycles. The van der Waals surface area contributed by atoms with Crippen molar-refractivity contribution in [3.05, 3.63) is 12.2 Å². The Morgan fingerprint density at radius 2 is 2.21 bits per heavy atom. The summed E-state index contributed by atoms with van der Waals surface area (Å²) in [5.74, 6) is 1.50. The number of rotatable bonds is 2. The number of carbonyl (C=O) groups is 1.